The zero-order chi connectivity index (χ0) is 6.28. The fourth-order valence-electron chi connectivity index (χ4n) is 0. The van der Waals surface area contributed by atoms with Gasteiger partial charge in [0, 0.05) is 0 Å². The van der Waals surface area contributed by atoms with Crippen LogP contribution in [0.5, 0.6) is 0 Å². The second kappa shape index (κ2) is 24.2. The summed E-state index contributed by atoms with van der Waals surface area (Å²) >= 11 is 0. The van der Waals surface area contributed by atoms with Crippen molar-refractivity contribution in [3.8, 4) is 0 Å². The Morgan fingerprint density at radius 1 is 1.44 bits per heavy atom. The largest absolute Gasteiger partial charge is 2.00 e. The number of hydrogen-bond acceptors (Lipinski definition) is 5. The van der Waals surface area contributed by atoms with Crippen LogP contribution >= 0.6 is 0 Å². The zero-order valence-electron chi connectivity index (χ0n) is 4.06. The Bertz CT molecular complexity index is 62.0. The summed E-state index contributed by atoms with van der Waals surface area (Å²) in [6, 6.07) is 0. The molecule has 0 spiro atoms. The molecule has 7 nitrogen and oxygen atoms in total. The molecule has 0 aliphatic rings. The molecule has 0 aromatic carbocycles. The van der Waals surface area contributed by atoms with Crippen molar-refractivity contribution in [1.82, 2.24) is 0 Å². The molecule has 0 aliphatic heterocycles. The third kappa shape index (κ3) is 13700. The minimum absolute atomic E-state index is 0. The van der Waals surface area contributed by atoms with E-state index >= 15 is 0 Å². The molecule has 0 atom stereocenters. The minimum atomic E-state index is -1.75. The maximum absolute atomic E-state index is 8.25. The van der Waals surface area contributed by atoms with Crippen molar-refractivity contribution in [2.45, 2.75) is 0 Å². The average molecular weight is 185 g/mol. The first-order valence-electron chi connectivity index (χ1n) is 0.930. The first-order chi connectivity index (χ1) is 3.15. The smallest absolute Gasteiger partial charge is 1.00 e. The summed E-state index contributed by atoms with van der Waals surface area (Å²) in [7, 11) is 0. The Morgan fingerprint density at radius 3 is 1.44 bits per heavy atom. The molecule has 0 radical (unpaired) electrons. The summed E-state index contributed by atoms with van der Waals surface area (Å²) < 4.78 is 0. The van der Waals surface area contributed by atoms with Crippen LogP contribution in [0.3, 0.4) is 0 Å². The van der Waals surface area contributed by atoms with E-state index in [1.807, 2.05) is 0 Å². The molecule has 0 saturated carbocycles. The fourth-order valence-corrected chi connectivity index (χ4v) is 0. The first-order valence-corrected chi connectivity index (χ1v) is 0.930. The van der Waals surface area contributed by atoms with Gasteiger partial charge >= 0.3 is 37.7 Å². The zero-order valence-corrected chi connectivity index (χ0v) is 7.02. The molecule has 0 aromatic heterocycles. The van der Waals surface area contributed by atoms with Gasteiger partial charge in [-0.05, 0) is 0 Å². The van der Waals surface area contributed by atoms with E-state index in [4.69, 9.17) is 25.4 Å². The standard InChI is InChI=1S/Ca.ClH.NO3.HNO2/c;;2-1(3)4;2-1-3/h;1H;;(H,2,3)/q+2;;-1;/p-1. The predicted octanol–water partition coefficient (Wildman–Crippen LogP) is -3.47. The number of nitrogens with zero attached hydrogens (tertiary/aromatic N) is 2. The Balaban J connectivity index is -0.0000000233. The van der Waals surface area contributed by atoms with Crippen LogP contribution in [0.1, 0.15) is 0 Å². The molecule has 1 N–H and O–H groups in total. The second-order valence-corrected chi connectivity index (χ2v) is 0.305. The Labute approximate surface area is 85.5 Å². The first kappa shape index (κ1) is 22.9. The van der Waals surface area contributed by atoms with E-state index in [2.05, 4.69) is 0 Å². The van der Waals surface area contributed by atoms with Crippen molar-refractivity contribution >= 4 is 37.7 Å². The van der Waals surface area contributed by atoms with Gasteiger partial charge in [0.1, 0.15) is 0 Å². The Kier molecular flexibility index (Phi) is 61.6. The molecular weight excluding hydrogens is 184 g/mol. The number of halogens is 1. The van der Waals surface area contributed by atoms with Gasteiger partial charge in [0.2, 0.25) is 0 Å². The van der Waals surface area contributed by atoms with E-state index in [1.165, 1.54) is 5.34 Å². The van der Waals surface area contributed by atoms with Crippen molar-refractivity contribution in [2.24, 2.45) is 5.34 Å². The third-order valence-corrected chi connectivity index (χ3v) is 0. The maximum Gasteiger partial charge on any atom is 2.00 e. The molecule has 0 heterocycles. The molecule has 0 bridgehead atoms. The van der Waals surface area contributed by atoms with Gasteiger partial charge in [-0.2, -0.15) is 0 Å². The molecule has 0 aromatic rings. The second-order valence-electron chi connectivity index (χ2n) is 0.305. The summed E-state index contributed by atoms with van der Waals surface area (Å²) in [5.41, 5.74) is 0. The monoisotopic (exact) mass is 184 g/mol. The number of hydrogen-bond donors (Lipinski definition) is 1. The van der Waals surface area contributed by atoms with Crippen LogP contribution in [0, 0.1) is 20.2 Å². The van der Waals surface area contributed by atoms with E-state index in [0.29, 0.717) is 0 Å². The van der Waals surface area contributed by atoms with Crippen LogP contribution < -0.4 is 12.4 Å². The molecular formula is HCaClN2O5. The molecule has 9 heavy (non-hydrogen) atoms. The van der Waals surface area contributed by atoms with Crippen LogP contribution in [0.4, 0.5) is 0 Å². The molecule has 0 fully saturated rings. The van der Waals surface area contributed by atoms with Crippen molar-refractivity contribution in [1.29, 1.82) is 0 Å². The van der Waals surface area contributed by atoms with Gasteiger partial charge < -0.3 is 32.9 Å². The van der Waals surface area contributed by atoms with Crippen LogP contribution in [-0.2, 0) is 0 Å². The van der Waals surface area contributed by atoms with Crippen molar-refractivity contribution in [3.63, 3.8) is 0 Å². The molecule has 0 rings (SSSR count). The molecule has 50 valence electrons. The SMILES string of the molecule is O=NO.O=[N+]([O-])[O-].[Ca+2].[Cl-]. The van der Waals surface area contributed by atoms with Crippen LogP contribution in [0.2, 0.25) is 0 Å². The Morgan fingerprint density at radius 2 is 1.44 bits per heavy atom. The van der Waals surface area contributed by atoms with Gasteiger partial charge in [-0.25, -0.2) is 0 Å². The topological polar surface area (TPSA) is 116 Å². The molecule has 9 heteroatoms. The van der Waals surface area contributed by atoms with Crippen molar-refractivity contribution < 1.29 is 22.7 Å². The van der Waals surface area contributed by atoms with Gasteiger partial charge in [0.15, 0.2) is 5.34 Å². The van der Waals surface area contributed by atoms with Gasteiger partial charge in [-0.15, -0.1) is 4.91 Å². The fraction of sp³-hybridized carbons (Fsp3) is 0. The van der Waals surface area contributed by atoms with E-state index in [0.717, 1.165) is 0 Å². The van der Waals surface area contributed by atoms with Crippen LogP contribution in [0.25, 0.3) is 0 Å². The van der Waals surface area contributed by atoms with Gasteiger partial charge in [-0.1, -0.05) is 0 Å². The maximum atomic E-state index is 8.25. The van der Waals surface area contributed by atoms with Crippen LogP contribution in [0.15, 0.2) is 5.34 Å². The summed E-state index contributed by atoms with van der Waals surface area (Å²) in [5, 5.41) is 22.6. The summed E-state index contributed by atoms with van der Waals surface area (Å²) in [5.74, 6) is 0. The van der Waals surface area contributed by atoms with Gasteiger partial charge in [0.25, 0.3) is 0 Å². The molecule has 0 unspecified atom stereocenters. The normalized spacial score (nSPS) is 4.00. The van der Waals surface area contributed by atoms with E-state index in [9.17, 15) is 0 Å². The van der Waals surface area contributed by atoms with Crippen molar-refractivity contribution in [3.05, 3.63) is 20.2 Å². The molecule has 0 aliphatic carbocycles. The average Bonchev–Trinajstić information content (AvgIpc) is 1.33. The van der Waals surface area contributed by atoms with Crippen LogP contribution in [-0.4, -0.2) is 48.0 Å². The summed E-state index contributed by atoms with van der Waals surface area (Å²) in [6.07, 6.45) is 0. The van der Waals surface area contributed by atoms with E-state index in [1.54, 1.807) is 0 Å². The predicted molar refractivity (Wildman–Crippen MR) is 23.7 cm³/mol. The third-order valence-electron chi connectivity index (χ3n) is 0. The summed E-state index contributed by atoms with van der Waals surface area (Å²) in [4.78, 5) is 16.4. The summed E-state index contributed by atoms with van der Waals surface area (Å²) in [6.45, 7) is 0. The van der Waals surface area contributed by atoms with Crippen molar-refractivity contribution in [2.75, 3.05) is 0 Å². The Hall–Kier alpha value is 0.150. The quantitative estimate of drug-likeness (QED) is 0.182. The van der Waals surface area contributed by atoms with E-state index < -0.39 is 5.09 Å². The minimum Gasteiger partial charge on any atom is -1.00 e. The van der Waals surface area contributed by atoms with E-state index in [-0.39, 0.29) is 50.1 Å². The molecule has 0 saturated heterocycles. The van der Waals surface area contributed by atoms with Gasteiger partial charge in [0.05, 0.1) is 5.09 Å². The molecule has 0 amide bonds. The van der Waals surface area contributed by atoms with Gasteiger partial charge in [-0.3, -0.25) is 0 Å². The number of rotatable bonds is 0.